The standard InChI is InChI=1S/C2H3BO6.2Na.2H/c4-1(5)2(6)9-3(7)8;;;;/h7-8H,(H,4,5);;;;. The molecule has 9 heteroatoms. The molecule has 0 heterocycles. The molecule has 0 atom stereocenters. The van der Waals surface area contributed by atoms with E-state index in [0.29, 0.717) is 0 Å². The van der Waals surface area contributed by atoms with E-state index in [1.807, 2.05) is 0 Å². The van der Waals surface area contributed by atoms with Gasteiger partial charge >= 0.3 is 78.4 Å². The van der Waals surface area contributed by atoms with E-state index in [9.17, 15) is 9.59 Å². The number of rotatable bonds is 1. The van der Waals surface area contributed by atoms with Crippen molar-refractivity contribution in [1.82, 2.24) is 0 Å². The van der Waals surface area contributed by atoms with E-state index in [1.165, 1.54) is 0 Å². The predicted molar refractivity (Wildman–Crippen MR) is 38.2 cm³/mol. The van der Waals surface area contributed by atoms with Crippen LogP contribution in [-0.2, 0) is 14.2 Å². The molecule has 0 rings (SSSR count). The van der Waals surface area contributed by atoms with Gasteiger partial charge in [0.1, 0.15) is 0 Å². The van der Waals surface area contributed by atoms with Crippen molar-refractivity contribution in [3.8, 4) is 0 Å². The van der Waals surface area contributed by atoms with Crippen LogP contribution in [-0.4, -0.2) is 93.5 Å². The van der Waals surface area contributed by atoms with Crippen molar-refractivity contribution in [2.75, 3.05) is 0 Å². The van der Waals surface area contributed by atoms with Gasteiger partial charge < -0.3 is 19.8 Å². The van der Waals surface area contributed by atoms with Crippen LogP contribution in [0, 0.1) is 0 Å². The number of carbonyl (C=O) groups excluding carboxylic acids is 1. The Morgan fingerprint density at radius 3 is 1.64 bits per heavy atom. The number of carbonyl (C=O) groups is 2. The van der Waals surface area contributed by atoms with Gasteiger partial charge in [-0.15, -0.1) is 0 Å². The van der Waals surface area contributed by atoms with Crippen LogP contribution in [0.2, 0.25) is 0 Å². The third-order valence-electron chi connectivity index (χ3n) is 0.387. The van der Waals surface area contributed by atoms with Gasteiger partial charge in [0.25, 0.3) is 0 Å². The third kappa shape index (κ3) is 10.9. The molecule has 0 amide bonds. The van der Waals surface area contributed by atoms with Crippen LogP contribution in [0.25, 0.3) is 0 Å². The van der Waals surface area contributed by atoms with Crippen molar-refractivity contribution in [3.63, 3.8) is 0 Å². The van der Waals surface area contributed by atoms with Gasteiger partial charge in [-0.3, -0.25) is 0 Å². The zero-order valence-corrected chi connectivity index (χ0v) is 4.14. The first-order valence-electron chi connectivity index (χ1n) is 1.84. The zero-order valence-electron chi connectivity index (χ0n) is 4.14. The quantitative estimate of drug-likeness (QED) is 0.284. The minimum absolute atomic E-state index is 0. The molecule has 0 aromatic rings. The molecule has 0 aromatic heterocycles. The molecule has 0 bridgehead atoms. The molecular weight excluding hydrogens is 177 g/mol. The van der Waals surface area contributed by atoms with Gasteiger partial charge in [-0.2, -0.15) is 0 Å². The van der Waals surface area contributed by atoms with Gasteiger partial charge in [0, 0.05) is 0 Å². The number of carboxylic acid groups (broad SMARTS) is 1. The predicted octanol–water partition coefficient (Wildman–Crippen LogP) is -3.71. The normalized spacial score (nSPS) is 6.73. The van der Waals surface area contributed by atoms with E-state index < -0.39 is 19.3 Å². The van der Waals surface area contributed by atoms with Crippen LogP contribution in [0.5, 0.6) is 0 Å². The Bertz CT molecular complexity index is 137. The van der Waals surface area contributed by atoms with Crippen molar-refractivity contribution in [2.24, 2.45) is 0 Å². The molecule has 6 nitrogen and oxygen atoms in total. The fraction of sp³-hybridized carbons (Fsp3) is 0. The molecule has 0 spiro atoms. The number of aliphatic carboxylic acids is 1. The molecule has 0 unspecified atom stereocenters. The second kappa shape index (κ2) is 9.02. The molecule has 0 saturated carbocycles. The van der Waals surface area contributed by atoms with Gasteiger partial charge in [-0.05, 0) is 0 Å². The first kappa shape index (κ1) is 17.9. The fourth-order valence-electron chi connectivity index (χ4n) is 0.146. The average Bonchev–Trinajstić information content (AvgIpc) is 1.63. The third-order valence-corrected chi connectivity index (χ3v) is 0.387. The number of carboxylic acids is 1. The molecule has 0 fully saturated rings. The first-order chi connectivity index (χ1) is 4.04. The Hall–Kier alpha value is 0.925. The van der Waals surface area contributed by atoms with Crippen LogP contribution in [0.3, 0.4) is 0 Å². The van der Waals surface area contributed by atoms with Gasteiger partial charge in [-0.1, -0.05) is 0 Å². The topological polar surface area (TPSA) is 104 Å². The summed E-state index contributed by atoms with van der Waals surface area (Å²) in [6, 6.07) is 0. The van der Waals surface area contributed by atoms with Crippen LogP contribution in [0.4, 0.5) is 0 Å². The number of hydrogen-bond donors (Lipinski definition) is 3. The molecule has 0 saturated heterocycles. The van der Waals surface area contributed by atoms with E-state index in [1.54, 1.807) is 0 Å². The molecule has 0 aromatic carbocycles. The summed E-state index contributed by atoms with van der Waals surface area (Å²) in [5.41, 5.74) is 0. The second-order valence-corrected chi connectivity index (χ2v) is 1.04. The van der Waals surface area contributed by atoms with Crippen molar-refractivity contribution in [2.45, 2.75) is 0 Å². The van der Waals surface area contributed by atoms with E-state index in [4.69, 9.17) is 15.2 Å². The molecule has 54 valence electrons. The Balaban J connectivity index is -0.000000320. The maximum absolute atomic E-state index is 9.81. The summed E-state index contributed by atoms with van der Waals surface area (Å²) in [7, 11) is -2.37. The minimum atomic E-state index is -2.37. The van der Waals surface area contributed by atoms with Crippen LogP contribution in [0.1, 0.15) is 0 Å². The van der Waals surface area contributed by atoms with E-state index in [2.05, 4.69) is 4.65 Å². The summed E-state index contributed by atoms with van der Waals surface area (Å²) < 4.78 is 3.38. The molecule has 3 N–H and O–H groups in total. The summed E-state index contributed by atoms with van der Waals surface area (Å²) in [5, 5.41) is 23.4. The van der Waals surface area contributed by atoms with Crippen molar-refractivity contribution >= 4 is 78.4 Å². The Kier molecular flexibility index (Phi) is 14.6. The first-order valence-corrected chi connectivity index (χ1v) is 1.84. The molecule has 0 radical (unpaired) electrons. The molecule has 0 aliphatic carbocycles. The van der Waals surface area contributed by atoms with Gasteiger partial charge in [0.2, 0.25) is 0 Å². The molecule has 0 aliphatic rings. The molecule has 11 heavy (non-hydrogen) atoms. The maximum atomic E-state index is 9.81. The molecular formula is C2H5BNa2O6. The Morgan fingerprint density at radius 1 is 1.18 bits per heavy atom. The summed E-state index contributed by atoms with van der Waals surface area (Å²) >= 11 is 0. The Morgan fingerprint density at radius 2 is 1.55 bits per heavy atom. The molecule has 0 aliphatic heterocycles. The van der Waals surface area contributed by atoms with E-state index in [0.717, 1.165) is 0 Å². The van der Waals surface area contributed by atoms with Gasteiger partial charge in [0.05, 0.1) is 0 Å². The average molecular weight is 182 g/mol. The summed E-state index contributed by atoms with van der Waals surface area (Å²) in [5.74, 6) is -3.58. The SMILES string of the molecule is O=C(O)C(=O)OB(O)O.[NaH].[NaH]. The van der Waals surface area contributed by atoms with Crippen LogP contribution >= 0.6 is 0 Å². The summed E-state index contributed by atoms with van der Waals surface area (Å²) in [6.45, 7) is 0. The van der Waals surface area contributed by atoms with Crippen molar-refractivity contribution < 1.29 is 29.4 Å². The van der Waals surface area contributed by atoms with Crippen molar-refractivity contribution in [3.05, 3.63) is 0 Å². The van der Waals surface area contributed by atoms with Crippen LogP contribution < -0.4 is 0 Å². The van der Waals surface area contributed by atoms with E-state index >= 15 is 0 Å². The summed E-state index contributed by atoms with van der Waals surface area (Å²) in [6.07, 6.45) is 0. The van der Waals surface area contributed by atoms with Gasteiger partial charge in [0.15, 0.2) is 0 Å². The Labute approximate surface area is 107 Å². The van der Waals surface area contributed by atoms with Crippen LogP contribution in [0.15, 0.2) is 0 Å². The monoisotopic (exact) mass is 182 g/mol. The summed E-state index contributed by atoms with van der Waals surface area (Å²) in [4.78, 5) is 19.3. The second-order valence-electron chi connectivity index (χ2n) is 1.04. The van der Waals surface area contributed by atoms with Gasteiger partial charge in [-0.25, -0.2) is 9.59 Å². The van der Waals surface area contributed by atoms with E-state index in [-0.39, 0.29) is 59.1 Å². The fourth-order valence-corrected chi connectivity index (χ4v) is 0.146. The van der Waals surface area contributed by atoms with Crippen molar-refractivity contribution in [1.29, 1.82) is 0 Å². The number of hydrogen-bond acceptors (Lipinski definition) is 5. The zero-order chi connectivity index (χ0) is 7.44.